The van der Waals surface area contributed by atoms with E-state index in [1.807, 2.05) is 12.1 Å². The van der Waals surface area contributed by atoms with Crippen molar-refractivity contribution in [1.29, 1.82) is 0 Å². The molecule has 0 fully saturated rings. The van der Waals surface area contributed by atoms with Gasteiger partial charge in [-0.3, -0.25) is 0 Å². The van der Waals surface area contributed by atoms with Gasteiger partial charge in [-0.1, -0.05) is 0 Å². The van der Waals surface area contributed by atoms with E-state index in [0.717, 1.165) is 20.6 Å². The summed E-state index contributed by atoms with van der Waals surface area (Å²) in [6.45, 7) is 0.317. The molecular weight excluding hydrogens is 290 g/mol. The van der Waals surface area contributed by atoms with E-state index in [9.17, 15) is 0 Å². The van der Waals surface area contributed by atoms with Crippen molar-refractivity contribution in [1.82, 2.24) is 0 Å². The number of benzene rings is 1. The highest BCUT2D eigenvalue weighted by Gasteiger charge is 2.15. The molecule has 0 bridgehead atoms. The standard InChI is InChI=1S/C8H6ClIO2/c9-3-5-1-7-8(2-6(5)10)12-4-11-7/h1-2H,3-4H2. The zero-order chi connectivity index (χ0) is 8.55. The first-order valence-corrected chi connectivity index (χ1v) is 5.06. The summed E-state index contributed by atoms with van der Waals surface area (Å²) < 4.78 is 11.5. The Morgan fingerprint density at radius 1 is 1.33 bits per heavy atom. The van der Waals surface area contributed by atoms with Gasteiger partial charge in [-0.15, -0.1) is 11.6 Å². The molecular formula is C8H6ClIO2. The normalized spacial score (nSPS) is 13.5. The number of hydrogen-bond donors (Lipinski definition) is 0. The average molecular weight is 296 g/mol. The zero-order valence-electron chi connectivity index (χ0n) is 6.14. The summed E-state index contributed by atoms with van der Waals surface area (Å²) in [5.74, 6) is 2.12. The Morgan fingerprint density at radius 3 is 2.67 bits per heavy atom. The van der Waals surface area contributed by atoms with Crippen molar-refractivity contribution >= 4 is 34.2 Å². The number of hydrogen-bond acceptors (Lipinski definition) is 2. The van der Waals surface area contributed by atoms with E-state index < -0.39 is 0 Å². The van der Waals surface area contributed by atoms with Crippen molar-refractivity contribution in [3.05, 3.63) is 21.3 Å². The van der Waals surface area contributed by atoms with Crippen LogP contribution in [0.4, 0.5) is 0 Å². The summed E-state index contributed by atoms with van der Waals surface area (Å²) in [7, 11) is 0. The minimum atomic E-state index is 0.317. The van der Waals surface area contributed by atoms with Crippen molar-refractivity contribution in [3.63, 3.8) is 0 Å². The quantitative estimate of drug-likeness (QED) is 0.586. The van der Waals surface area contributed by atoms with Gasteiger partial charge in [0.25, 0.3) is 0 Å². The fourth-order valence-corrected chi connectivity index (χ4v) is 2.14. The van der Waals surface area contributed by atoms with Gasteiger partial charge in [0.05, 0.1) is 0 Å². The summed E-state index contributed by atoms with van der Waals surface area (Å²) >= 11 is 7.97. The van der Waals surface area contributed by atoms with Gasteiger partial charge in [-0.2, -0.15) is 0 Å². The SMILES string of the molecule is ClCc1cc2c(cc1I)OCO2. The second-order valence-corrected chi connectivity index (χ2v) is 3.86. The van der Waals surface area contributed by atoms with Crippen LogP contribution in [0.1, 0.15) is 5.56 Å². The molecule has 0 aromatic heterocycles. The molecule has 0 spiro atoms. The molecule has 0 radical (unpaired) electrons. The molecule has 1 aliphatic heterocycles. The highest BCUT2D eigenvalue weighted by atomic mass is 127. The van der Waals surface area contributed by atoms with Crippen molar-refractivity contribution in [3.8, 4) is 11.5 Å². The number of fused-ring (bicyclic) bond motifs is 1. The van der Waals surface area contributed by atoms with Gasteiger partial charge < -0.3 is 9.47 Å². The van der Waals surface area contributed by atoms with Crippen LogP contribution in [0.3, 0.4) is 0 Å². The lowest BCUT2D eigenvalue weighted by molar-refractivity contribution is 0.174. The highest BCUT2D eigenvalue weighted by Crippen LogP contribution is 2.35. The Hall–Kier alpha value is -0.160. The number of halogens is 2. The Balaban J connectivity index is 2.49. The van der Waals surface area contributed by atoms with E-state index in [4.69, 9.17) is 21.1 Å². The van der Waals surface area contributed by atoms with Crippen molar-refractivity contribution in [2.45, 2.75) is 5.88 Å². The van der Waals surface area contributed by atoms with E-state index in [1.54, 1.807) is 0 Å². The van der Waals surface area contributed by atoms with Crippen LogP contribution in [0.15, 0.2) is 12.1 Å². The first-order valence-electron chi connectivity index (χ1n) is 3.45. The predicted octanol–water partition coefficient (Wildman–Crippen LogP) is 2.76. The Labute approximate surface area is 88.9 Å². The lowest BCUT2D eigenvalue weighted by atomic mass is 10.2. The third kappa shape index (κ3) is 1.35. The lowest BCUT2D eigenvalue weighted by Gasteiger charge is -2.01. The molecule has 0 amide bonds. The van der Waals surface area contributed by atoms with Gasteiger partial charge in [0.15, 0.2) is 11.5 Å². The van der Waals surface area contributed by atoms with Crippen LogP contribution in [-0.2, 0) is 5.88 Å². The Kier molecular flexibility index (Phi) is 2.32. The van der Waals surface area contributed by atoms with Crippen LogP contribution in [0.5, 0.6) is 11.5 Å². The molecule has 0 atom stereocenters. The first-order chi connectivity index (χ1) is 5.81. The topological polar surface area (TPSA) is 18.5 Å². The van der Waals surface area contributed by atoms with E-state index in [0.29, 0.717) is 12.7 Å². The minimum Gasteiger partial charge on any atom is -0.454 e. The molecule has 1 aliphatic rings. The lowest BCUT2D eigenvalue weighted by Crippen LogP contribution is -1.92. The highest BCUT2D eigenvalue weighted by molar-refractivity contribution is 14.1. The molecule has 4 heteroatoms. The molecule has 64 valence electrons. The number of ether oxygens (including phenoxy) is 2. The van der Waals surface area contributed by atoms with Crippen LogP contribution < -0.4 is 9.47 Å². The number of alkyl halides is 1. The molecule has 0 saturated carbocycles. The first kappa shape index (κ1) is 8.44. The van der Waals surface area contributed by atoms with Gasteiger partial charge in [-0.25, -0.2) is 0 Å². The summed E-state index contributed by atoms with van der Waals surface area (Å²) in [5, 5.41) is 0. The second kappa shape index (κ2) is 3.30. The molecule has 0 aliphatic carbocycles. The molecule has 0 unspecified atom stereocenters. The average Bonchev–Trinajstić information content (AvgIpc) is 2.49. The van der Waals surface area contributed by atoms with Crippen LogP contribution in [0, 0.1) is 3.57 Å². The number of rotatable bonds is 1. The van der Waals surface area contributed by atoms with Crippen molar-refractivity contribution < 1.29 is 9.47 Å². The maximum absolute atomic E-state index is 5.73. The molecule has 1 heterocycles. The second-order valence-electron chi connectivity index (χ2n) is 2.43. The Bertz CT molecular complexity index is 313. The van der Waals surface area contributed by atoms with Gasteiger partial charge >= 0.3 is 0 Å². The van der Waals surface area contributed by atoms with Crippen LogP contribution in [0.2, 0.25) is 0 Å². The molecule has 2 rings (SSSR count). The van der Waals surface area contributed by atoms with Crippen molar-refractivity contribution in [2.75, 3.05) is 6.79 Å². The third-order valence-corrected chi connectivity index (χ3v) is 2.98. The zero-order valence-corrected chi connectivity index (χ0v) is 9.05. The van der Waals surface area contributed by atoms with E-state index >= 15 is 0 Å². The van der Waals surface area contributed by atoms with Crippen LogP contribution >= 0.6 is 34.2 Å². The maximum Gasteiger partial charge on any atom is 0.231 e. The largest absolute Gasteiger partial charge is 0.454 e. The smallest absolute Gasteiger partial charge is 0.231 e. The van der Waals surface area contributed by atoms with E-state index in [1.165, 1.54) is 0 Å². The molecule has 1 aromatic carbocycles. The molecule has 2 nitrogen and oxygen atoms in total. The summed E-state index contributed by atoms with van der Waals surface area (Å²) in [6, 6.07) is 3.87. The van der Waals surface area contributed by atoms with Gasteiger partial charge in [0, 0.05) is 9.45 Å². The van der Waals surface area contributed by atoms with Gasteiger partial charge in [-0.05, 0) is 40.3 Å². The fourth-order valence-electron chi connectivity index (χ4n) is 1.06. The molecule has 12 heavy (non-hydrogen) atoms. The molecule has 0 N–H and O–H groups in total. The molecule has 1 aromatic rings. The summed E-state index contributed by atoms with van der Waals surface area (Å²) in [6.07, 6.45) is 0. The Morgan fingerprint density at radius 2 is 2.00 bits per heavy atom. The van der Waals surface area contributed by atoms with Crippen LogP contribution in [0.25, 0.3) is 0 Å². The maximum atomic E-state index is 5.73. The fraction of sp³-hybridized carbons (Fsp3) is 0.250. The van der Waals surface area contributed by atoms with Gasteiger partial charge in [0.2, 0.25) is 6.79 Å². The van der Waals surface area contributed by atoms with Crippen molar-refractivity contribution in [2.24, 2.45) is 0 Å². The monoisotopic (exact) mass is 296 g/mol. The van der Waals surface area contributed by atoms with Gasteiger partial charge in [0.1, 0.15) is 0 Å². The summed E-state index contributed by atoms with van der Waals surface area (Å²) in [4.78, 5) is 0. The summed E-state index contributed by atoms with van der Waals surface area (Å²) in [5.41, 5.74) is 1.08. The predicted molar refractivity (Wildman–Crippen MR) is 54.8 cm³/mol. The minimum absolute atomic E-state index is 0.317. The van der Waals surface area contributed by atoms with Crippen LogP contribution in [-0.4, -0.2) is 6.79 Å². The van der Waals surface area contributed by atoms with E-state index in [2.05, 4.69) is 22.6 Å². The van der Waals surface area contributed by atoms with E-state index in [-0.39, 0.29) is 0 Å². The third-order valence-electron chi connectivity index (χ3n) is 1.69. The molecule has 0 saturated heterocycles.